The first-order valence-corrected chi connectivity index (χ1v) is 7.55. The minimum atomic E-state index is -0.560. The summed E-state index contributed by atoms with van der Waals surface area (Å²) >= 11 is 0. The van der Waals surface area contributed by atoms with Gasteiger partial charge in [0, 0.05) is 5.69 Å². The van der Waals surface area contributed by atoms with Crippen LogP contribution in [0.4, 0.5) is 5.69 Å². The lowest BCUT2D eigenvalue weighted by molar-refractivity contribution is -0.149. The summed E-state index contributed by atoms with van der Waals surface area (Å²) in [7, 11) is 1.49. The molecule has 0 aliphatic heterocycles. The molecular weight excluding hydrogens is 250 g/mol. The van der Waals surface area contributed by atoms with Gasteiger partial charge < -0.3 is 10.1 Å². The summed E-state index contributed by atoms with van der Waals surface area (Å²) in [6.07, 6.45) is 5.21. The number of nitrogens with one attached hydrogen (secondary N) is 1. The van der Waals surface area contributed by atoms with E-state index in [9.17, 15) is 4.79 Å². The Hall–Kier alpha value is -1.51. The summed E-state index contributed by atoms with van der Waals surface area (Å²) in [6, 6.07) is 8.20. The molecule has 0 radical (unpaired) electrons. The summed E-state index contributed by atoms with van der Waals surface area (Å²) in [5.74, 6) is 0.217. The highest BCUT2D eigenvalue weighted by Crippen LogP contribution is 2.39. The van der Waals surface area contributed by atoms with Crippen molar-refractivity contribution in [3.05, 3.63) is 29.8 Å². The number of hydrogen-bond acceptors (Lipinski definition) is 3. The monoisotopic (exact) mass is 275 g/mol. The smallest absolute Gasteiger partial charge is 0.331 e. The Kier molecular flexibility index (Phi) is 4.69. The van der Waals surface area contributed by atoms with E-state index in [1.54, 1.807) is 0 Å². The zero-order valence-electron chi connectivity index (χ0n) is 12.7. The van der Waals surface area contributed by atoms with Gasteiger partial charge in [-0.05, 0) is 43.4 Å². The molecule has 2 atom stereocenters. The van der Waals surface area contributed by atoms with Crippen molar-refractivity contribution in [1.29, 1.82) is 0 Å². The van der Waals surface area contributed by atoms with Crippen molar-refractivity contribution in [3.8, 4) is 0 Å². The second-order valence-electron chi connectivity index (χ2n) is 5.81. The Labute approximate surface area is 121 Å². The Morgan fingerprint density at radius 1 is 1.45 bits per heavy atom. The molecule has 1 N–H and O–H groups in total. The lowest BCUT2D eigenvalue weighted by Crippen LogP contribution is -2.54. The summed E-state index contributed by atoms with van der Waals surface area (Å²) in [4.78, 5) is 12.5. The number of carbonyl (C=O) groups is 1. The third kappa shape index (κ3) is 2.82. The standard InChI is InChI=1S/C17H25NO2/c1-4-14-9-5-6-11-17(14,16(19)20-3)18-15-10-7-8-13(2)12-15/h7-8,10,12,14,18H,4-6,9,11H2,1-3H3. The predicted octanol–water partition coefficient (Wildman–Crippen LogP) is 3.92. The van der Waals surface area contributed by atoms with Gasteiger partial charge in [-0.3, -0.25) is 0 Å². The molecule has 0 saturated heterocycles. The second-order valence-corrected chi connectivity index (χ2v) is 5.81. The lowest BCUT2D eigenvalue weighted by Gasteiger charge is -2.42. The van der Waals surface area contributed by atoms with Gasteiger partial charge >= 0.3 is 5.97 Å². The molecule has 1 saturated carbocycles. The van der Waals surface area contributed by atoms with Gasteiger partial charge in [-0.1, -0.05) is 38.3 Å². The van der Waals surface area contributed by atoms with Gasteiger partial charge in [0.05, 0.1) is 7.11 Å². The van der Waals surface area contributed by atoms with Crippen LogP contribution in [0.5, 0.6) is 0 Å². The van der Waals surface area contributed by atoms with Gasteiger partial charge in [0.1, 0.15) is 5.54 Å². The molecule has 0 bridgehead atoms. The number of benzene rings is 1. The average molecular weight is 275 g/mol. The first kappa shape index (κ1) is 14.9. The molecular formula is C17H25NO2. The maximum absolute atomic E-state index is 12.5. The molecule has 110 valence electrons. The highest BCUT2D eigenvalue weighted by atomic mass is 16.5. The molecule has 20 heavy (non-hydrogen) atoms. The number of hydrogen-bond donors (Lipinski definition) is 1. The van der Waals surface area contributed by atoms with E-state index in [1.807, 2.05) is 12.1 Å². The first-order chi connectivity index (χ1) is 9.62. The van der Waals surface area contributed by atoms with Gasteiger partial charge in [-0.15, -0.1) is 0 Å². The molecule has 1 aliphatic rings. The van der Waals surface area contributed by atoms with Crippen molar-refractivity contribution >= 4 is 11.7 Å². The van der Waals surface area contributed by atoms with E-state index in [4.69, 9.17) is 4.74 Å². The van der Waals surface area contributed by atoms with Crippen molar-refractivity contribution in [3.63, 3.8) is 0 Å². The molecule has 0 heterocycles. The lowest BCUT2D eigenvalue weighted by atomic mass is 9.71. The number of anilines is 1. The van der Waals surface area contributed by atoms with E-state index in [1.165, 1.54) is 19.1 Å². The molecule has 0 spiro atoms. The highest BCUT2D eigenvalue weighted by molar-refractivity contribution is 5.85. The van der Waals surface area contributed by atoms with Crippen LogP contribution in [0.15, 0.2) is 24.3 Å². The largest absolute Gasteiger partial charge is 0.467 e. The molecule has 1 aromatic carbocycles. The third-order valence-corrected chi connectivity index (χ3v) is 4.50. The Bertz CT molecular complexity index is 472. The molecule has 1 fully saturated rings. The van der Waals surface area contributed by atoms with Gasteiger partial charge in [0.25, 0.3) is 0 Å². The minimum Gasteiger partial charge on any atom is -0.467 e. The van der Waals surface area contributed by atoms with E-state index < -0.39 is 5.54 Å². The number of carbonyl (C=O) groups excluding carboxylic acids is 1. The van der Waals surface area contributed by atoms with Crippen LogP contribution in [0.3, 0.4) is 0 Å². The van der Waals surface area contributed by atoms with Crippen LogP contribution >= 0.6 is 0 Å². The zero-order valence-corrected chi connectivity index (χ0v) is 12.7. The Morgan fingerprint density at radius 3 is 2.90 bits per heavy atom. The Morgan fingerprint density at radius 2 is 2.25 bits per heavy atom. The molecule has 1 aliphatic carbocycles. The molecule has 2 rings (SSSR count). The van der Waals surface area contributed by atoms with Crippen LogP contribution in [0.2, 0.25) is 0 Å². The topological polar surface area (TPSA) is 38.3 Å². The first-order valence-electron chi connectivity index (χ1n) is 7.55. The summed E-state index contributed by atoms with van der Waals surface area (Å²) in [5.41, 5.74) is 1.64. The van der Waals surface area contributed by atoms with E-state index in [0.717, 1.165) is 31.4 Å². The van der Waals surface area contributed by atoms with Crippen LogP contribution in [-0.4, -0.2) is 18.6 Å². The Balaban J connectivity index is 2.33. The fraction of sp³-hybridized carbons (Fsp3) is 0.588. The van der Waals surface area contributed by atoms with Gasteiger partial charge in [0.2, 0.25) is 0 Å². The molecule has 1 aromatic rings. The van der Waals surface area contributed by atoms with E-state index >= 15 is 0 Å². The number of esters is 1. The maximum Gasteiger partial charge on any atom is 0.331 e. The quantitative estimate of drug-likeness (QED) is 0.846. The van der Waals surface area contributed by atoms with E-state index in [0.29, 0.717) is 5.92 Å². The maximum atomic E-state index is 12.5. The molecule has 3 heteroatoms. The molecule has 3 nitrogen and oxygen atoms in total. The fourth-order valence-electron chi connectivity index (χ4n) is 3.44. The molecule has 2 unspecified atom stereocenters. The summed E-state index contributed by atoms with van der Waals surface area (Å²) in [5, 5.41) is 3.51. The average Bonchev–Trinajstić information content (AvgIpc) is 2.46. The van der Waals surface area contributed by atoms with Crippen molar-refractivity contribution < 1.29 is 9.53 Å². The van der Waals surface area contributed by atoms with Crippen LogP contribution in [0, 0.1) is 12.8 Å². The van der Waals surface area contributed by atoms with Gasteiger partial charge in [-0.25, -0.2) is 4.79 Å². The van der Waals surface area contributed by atoms with E-state index in [2.05, 4.69) is 31.3 Å². The number of methoxy groups -OCH3 is 1. The number of ether oxygens (including phenoxy) is 1. The second kappa shape index (κ2) is 6.29. The van der Waals surface area contributed by atoms with Gasteiger partial charge in [-0.2, -0.15) is 0 Å². The minimum absolute atomic E-state index is 0.120. The normalized spacial score (nSPS) is 26.1. The van der Waals surface area contributed by atoms with Crippen LogP contribution in [0.1, 0.15) is 44.6 Å². The number of aryl methyl sites for hydroxylation is 1. The third-order valence-electron chi connectivity index (χ3n) is 4.50. The summed E-state index contributed by atoms with van der Waals surface area (Å²) in [6.45, 7) is 4.22. The van der Waals surface area contributed by atoms with Gasteiger partial charge in [0.15, 0.2) is 0 Å². The van der Waals surface area contributed by atoms with Crippen molar-refractivity contribution in [1.82, 2.24) is 0 Å². The van der Waals surface area contributed by atoms with E-state index in [-0.39, 0.29) is 5.97 Å². The van der Waals surface area contributed by atoms with Crippen LogP contribution in [-0.2, 0) is 9.53 Å². The molecule has 0 aromatic heterocycles. The summed E-state index contributed by atoms with van der Waals surface area (Å²) < 4.78 is 5.13. The zero-order chi connectivity index (χ0) is 14.6. The van der Waals surface area contributed by atoms with Crippen LogP contribution in [0.25, 0.3) is 0 Å². The highest BCUT2D eigenvalue weighted by Gasteiger charge is 2.47. The van der Waals surface area contributed by atoms with Crippen molar-refractivity contribution in [2.24, 2.45) is 5.92 Å². The fourth-order valence-corrected chi connectivity index (χ4v) is 3.44. The van der Waals surface area contributed by atoms with Crippen molar-refractivity contribution in [2.45, 2.75) is 51.5 Å². The SMILES string of the molecule is CCC1CCCCC1(Nc1cccc(C)c1)C(=O)OC. The predicted molar refractivity (Wildman–Crippen MR) is 81.8 cm³/mol. The van der Waals surface area contributed by atoms with Crippen LogP contribution < -0.4 is 5.32 Å². The number of rotatable bonds is 4. The van der Waals surface area contributed by atoms with Crippen molar-refractivity contribution in [2.75, 3.05) is 12.4 Å². The molecule has 0 amide bonds.